The summed E-state index contributed by atoms with van der Waals surface area (Å²) in [4.78, 5) is 12.1. The molecule has 0 aliphatic rings. The first kappa shape index (κ1) is 12.2. The van der Waals surface area contributed by atoms with Crippen LogP contribution in [0.5, 0.6) is 5.75 Å². The Balaban J connectivity index is 2.51. The van der Waals surface area contributed by atoms with Gasteiger partial charge in [-0.1, -0.05) is 12.1 Å². The number of methoxy groups -OCH3 is 1. The number of ether oxygens (including phenoxy) is 1. The van der Waals surface area contributed by atoms with Gasteiger partial charge in [0.1, 0.15) is 17.4 Å². The molecule has 18 heavy (non-hydrogen) atoms. The minimum atomic E-state index is -0.757. The molecule has 0 fully saturated rings. The van der Waals surface area contributed by atoms with Crippen molar-refractivity contribution in [1.82, 2.24) is 0 Å². The molecule has 0 heterocycles. The molecule has 0 N–H and O–H groups in total. The van der Waals surface area contributed by atoms with Crippen molar-refractivity contribution in [3.63, 3.8) is 0 Å². The summed E-state index contributed by atoms with van der Waals surface area (Å²) in [6.45, 7) is 0. The van der Waals surface area contributed by atoms with Gasteiger partial charge in [0.05, 0.1) is 18.2 Å². The number of halogens is 2. The molecule has 92 valence electrons. The Hall–Kier alpha value is -2.23. The van der Waals surface area contributed by atoms with Gasteiger partial charge in [-0.05, 0) is 30.3 Å². The number of ketones is 1. The van der Waals surface area contributed by atoms with E-state index in [9.17, 15) is 13.6 Å². The topological polar surface area (TPSA) is 26.3 Å². The Bertz CT molecular complexity index is 594. The summed E-state index contributed by atoms with van der Waals surface area (Å²) in [7, 11) is 1.41. The lowest BCUT2D eigenvalue weighted by Crippen LogP contribution is -2.06. The predicted octanol–water partition coefficient (Wildman–Crippen LogP) is 3.20. The van der Waals surface area contributed by atoms with Crippen molar-refractivity contribution < 1.29 is 18.3 Å². The van der Waals surface area contributed by atoms with Gasteiger partial charge in [-0.25, -0.2) is 8.78 Å². The molecule has 0 aliphatic carbocycles. The van der Waals surface area contributed by atoms with Gasteiger partial charge >= 0.3 is 0 Å². The molecule has 0 atom stereocenters. The third-order valence-electron chi connectivity index (χ3n) is 2.52. The predicted molar refractivity (Wildman–Crippen MR) is 62.8 cm³/mol. The highest BCUT2D eigenvalue weighted by atomic mass is 19.1. The second-order valence-electron chi connectivity index (χ2n) is 3.65. The Kier molecular flexibility index (Phi) is 3.37. The van der Waals surface area contributed by atoms with E-state index in [2.05, 4.69) is 0 Å². The van der Waals surface area contributed by atoms with Gasteiger partial charge in [-0.3, -0.25) is 4.79 Å². The Morgan fingerprint density at radius 1 is 1.06 bits per heavy atom. The van der Waals surface area contributed by atoms with Crippen molar-refractivity contribution in [3.05, 3.63) is 65.2 Å². The second-order valence-corrected chi connectivity index (χ2v) is 3.65. The van der Waals surface area contributed by atoms with E-state index in [4.69, 9.17) is 4.74 Å². The molecule has 0 saturated heterocycles. The van der Waals surface area contributed by atoms with Crippen LogP contribution in [-0.4, -0.2) is 12.9 Å². The molecule has 0 amide bonds. The maximum Gasteiger partial charge on any atom is 0.199 e. The standard InChI is InChI=1S/C14H10F2O2/c1-18-13-5-3-2-4-10(13)14(17)11-8-9(15)6-7-12(11)16/h2-8H,1H3. The van der Waals surface area contributed by atoms with E-state index >= 15 is 0 Å². The first-order chi connectivity index (χ1) is 8.63. The van der Waals surface area contributed by atoms with E-state index in [0.29, 0.717) is 5.75 Å². The normalized spacial score (nSPS) is 10.2. The molecule has 0 bridgehead atoms. The van der Waals surface area contributed by atoms with E-state index in [1.165, 1.54) is 13.2 Å². The van der Waals surface area contributed by atoms with E-state index in [1.54, 1.807) is 18.2 Å². The van der Waals surface area contributed by atoms with Crippen LogP contribution < -0.4 is 4.74 Å². The van der Waals surface area contributed by atoms with Crippen LogP contribution in [0.15, 0.2) is 42.5 Å². The lowest BCUT2D eigenvalue weighted by Gasteiger charge is -2.07. The molecule has 0 aliphatic heterocycles. The maximum absolute atomic E-state index is 13.5. The molecular weight excluding hydrogens is 238 g/mol. The Labute approximate surface area is 103 Å². The van der Waals surface area contributed by atoms with E-state index < -0.39 is 17.4 Å². The van der Waals surface area contributed by atoms with Crippen molar-refractivity contribution in [3.8, 4) is 5.75 Å². The highest BCUT2D eigenvalue weighted by Gasteiger charge is 2.18. The van der Waals surface area contributed by atoms with Crippen LogP contribution in [0.3, 0.4) is 0 Å². The number of benzene rings is 2. The highest BCUT2D eigenvalue weighted by Crippen LogP contribution is 2.22. The molecule has 0 spiro atoms. The van der Waals surface area contributed by atoms with Gasteiger partial charge < -0.3 is 4.74 Å². The molecule has 4 heteroatoms. The van der Waals surface area contributed by atoms with Crippen molar-refractivity contribution in [2.75, 3.05) is 7.11 Å². The summed E-state index contributed by atoms with van der Waals surface area (Å²) in [6.07, 6.45) is 0. The lowest BCUT2D eigenvalue weighted by atomic mass is 10.0. The fourth-order valence-electron chi connectivity index (χ4n) is 1.65. The third kappa shape index (κ3) is 2.22. The number of hydrogen-bond donors (Lipinski definition) is 0. The van der Waals surface area contributed by atoms with Gasteiger partial charge in [-0.15, -0.1) is 0 Å². The molecular formula is C14H10F2O2. The van der Waals surface area contributed by atoms with Crippen molar-refractivity contribution in [1.29, 1.82) is 0 Å². The molecule has 0 radical (unpaired) electrons. The zero-order valence-electron chi connectivity index (χ0n) is 9.61. The zero-order valence-corrected chi connectivity index (χ0v) is 9.61. The largest absolute Gasteiger partial charge is 0.496 e. The first-order valence-corrected chi connectivity index (χ1v) is 5.26. The van der Waals surface area contributed by atoms with Gasteiger partial charge in [-0.2, -0.15) is 0 Å². The van der Waals surface area contributed by atoms with Gasteiger partial charge in [0.2, 0.25) is 0 Å². The van der Waals surface area contributed by atoms with Gasteiger partial charge in [0.25, 0.3) is 0 Å². The SMILES string of the molecule is COc1ccccc1C(=O)c1cc(F)ccc1F. The van der Waals surface area contributed by atoms with Crippen molar-refractivity contribution in [2.24, 2.45) is 0 Å². The summed E-state index contributed by atoms with van der Waals surface area (Å²) < 4.78 is 31.6. The minimum absolute atomic E-state index is 0.199. The molecule has 0 unspecified atom stereocenters. The van der Waals surface area contributed by atoms with Gasteiger partial charge in [0, 0.05) is 0 Å². The maximum atomic E-state index is 13.5. The van der Waals surface area contributed by atoms with Crippen LogP contribution in [0.2, 0.25) is 0 Å². The molecule has 2 aromatic carbocycles. The number of para-hydroxylation sites is 1. The quantitative estimate of drug-likeness (QED) is 0.780. The smallest absolute Gasteiger partial charge is 0.199 e. The fraction of sp³-hybridized carbons (Fsp3) is 0.0714. The second kappa shape index (κ2) is 4.96. The van der Waals surface area contributed by atoms with Crippen LogP contribution in [-0.2, 0) is 0 Å². The molecule has 2 aromatic rings. The molecule has 2 rings (SSSR count). The Morgan fingerprint density at radius 2 is 1.78 bits per heavy atom. The van der Waals surface area contributed by atoms with Crippen molar-refractivity contribution >= 4 is 5.78 Å². The fourth-order valence-corrected chi connectivity index (χ4v) is 1.65. The minimum Gasteiger partial charge on any atom is -0.496 e. The average Bonchev–Trinajstić information content (AvgIpc) is 2.40. The lowest BCUT2D eigenvalue weighted by molar-refractivity contribution is 0.103. The summed E-state index contributed by atoms with van der Waals surface area (Å²) >= 11 is 0. The Morgan fingerprint density at radius 3 is 2.50 bits per heavy atom. The number of hydrogen-bond acceptors (Lipinski definition) is 2. The summed E-state index contributed by atoms with van der Waals surface area (Å²) in [5, 5.41) is 0. The van der Waals surface area contributed by atoms with E-state index in [-0.39, 0.29) is 11.1 Å². The van der Waals surface area contributed by atoms with Crippen LogP contribution in [0.25, 0.3) is 0 Å². The summed E-state index contributed by atoms with van der Waals surface area (Å²) in [5.41, 5.74) is -0.107. The highest BCUT2D eigenvalue weighted by molar-refractivity contribution is 6.10. The first-order valence-electron chi connectivity index (χ1n) is 5.26. The van der Waals surface area contributed by atoms with Crippen molar-refractivity contribution in [2.45, 2.75) is 0 Å². The number of carbonyl (C=O) groups excluding carboxylic acids is 1. The van der Waals surface area contributed by atoms with Crippen LogP contribution in [0, 0.1) is 11.6 Å². The summed E-state index contributed by atoms with van der Waals surface area (Å²) in [5.74, 6) is -1.70. The summed E-state index contributed by atoms with van der Waals surface area (Å²) in [6, 6.07) is 9.19. The monoisotopic (exact) mass is 248 g/mol. The molecule has 0 aromatic heterocycles. The number of rotatable bonds is 3. The average molecular weight is 248 g/mol. The van der Waals surface area contributed by atoms with E-state index in [0.717, 1.165) is 18.2 Å². The molecule has 0 saturated carbocycles. The molecule has 2 nitrogen and oxygen atoms in total. The van der Waals surface area contributed by atoms with E-state index in [1.807, 2.05) is 0 Å². The van der Waals surface area contributed by atoms with Crippen LogP contribution in [0.4, 0.5) is 8.78 Å². The van der Waals surface area contributed by atoms with Crippen LogP contribution in [0.1, 0.15) is 15.9 Å². The van der Waals surface area contributed by atoms with Gasteiger partial charge in [0.15, 0.2) is 5.78 Å². The number of carbonyl (C=O) groups is 1. The third-order valence-corrected chi connectivity index (χ3v) is 2.52. The van der Waals surface area contributed by atoms with Crippen LogP contribution >= 0.6 is 0 Å². The zero-order chi connectivity index (χ0) is 13.1.